The predicted octanol–water partition coefficient (Wildman–Crippen LogP) is 0.844. The molecule has 5 heteroatoms. The Kier molecular flexibility index (Phi) is 6.45. The number of imide groups is 1. The zero-order chi connectivity index (χ0) is 14.4. The summed E-state index contributed by atoms with van der Waals surface area (Å²) in [6, 6.07) is -0.290. The third-order valence-electron chi connectivity index (χ3n) is 3.64. The average molecular weight is 269 g/mol. The highest BCUT2D eigenvalue weighted by Crippen LogP contribution is 2.17. The van der Waals surface area contributed by atoms with Crippen LogP contribution in [0.25, 0.3) is 0 Å². The van der Waals surface area contributed by atoms with Gasteiger partial charge in [0.2, 0.25) is 11.8 Å². The van der Waals surface area contributed by atoms with E-state index < -0.39 is 0 Å². The summed E-state index contributed by atoms with van der Waals surface area (Å²) < 4.78 is 0. The van der Waals surface area contributed by atoms with E-state index in [0.29, 0.717) is 6.42 Å². The van der Waals surface area contributed by atoms with Crippen LogP contribution in [0, 0.1) is 0 Å². The molecule has 2 unspecified atom stereocenters. The standard InChI is InChI=1S/C14H27N3O2/c1-5-11(2)17-13(18)10-12(14(17)19)15-8-6-7-9-16(3)4/h11-12,15H,5-10H2,1-4H3. The summed E-state index contributed by atoms with van der Waals surface area (Å²) in [6.45, 7) is 5.77. The van der Waals surface area contributed by atoms with Gasteiger partial charge in [-0.25, -0.2) is 0 Å². The number of unbranched alkanes of at least 4 members (excludes halogenated alkanes) is 1. The second-order valence-electron chi connectivity index (χ2n) is 5.58. The number of amides is 2. The van der Waals surface area contributed by atoms with Crippen molar-refractivity contribution in [3.8, 4) is 0 Å². The molecule has 1 N–H and O–H groups in total. The van der Waals surface area contributed by atoms with Gasteiger partial charge in [0.25, 0.3) is 0 Å². The Morgan fingerprint density at radius 2 is 2.05 bits per heavy atom. The summed E-state index contributed by atoms with van der Waals surface area (Å²) >= 11 is 0. The lowest BCUT2D eigenvalue weighted by molar-refractivity contribution is -0.141. The van der Waals surface area contributed by atoms with Crippen molar-refractivity contribution in [3.05, 3.63) is 0 Å². The fraction of sp³-hybridized carbons (Fsp3) is 0.857. The number of rotatable bonds is 8. The second kappa shape index (κ2) is 7.60. The molecule has 1 aliphatic heterocycles. The normalized spacial score (nSPS) is 21.5. The molecule has 0 aromatic heterocycles. The van der Waals surface area contributed by atoms with Crippen molar-refractivity contribution >= 4 is 11.8 Å². The first kappa shape index (κ1) is 16.1. The van der Waals surface area contributed by atoms with Crippen LogP contribution >= 0.6 is 0 Å². The van der Waals surface area contributed by atoms with Gasteiger partial charge in [0.05, 0.1) is 12.5 Å². The van der Waals surface area contributed by atoms with E-state index in [-0.39, 0.29) is 23.9 Å². The lowest BCUT2D eigenvalue weighted by atomic mass is 10.2. The van der Waals surface area contributed by atoms with Gasteiger partial charge in [0.1, 0.15) is 0 Å². The van der Waals surface area contributed by atoms with Crippen LogP contribution in [-0.4, -0.2) is 60.9 Å². The molecular weight excluding hydrogens is 242 g/mol. The summed E-state index contributed by atoms with van der Waals surface area (Å²) in [5.41, 5.74) is 0. The molecule has 0 aliphatic carbocycles. The van der Waals surface area contributed by atoms with Crippen LogP contribution in [-0.2, 0) is 9.59 Å². The van der Waals surface area contributed by atoms with Gasteiger partial charge < -0.3 is 10.2 Å². The highest BCUT2D eigenvalue weighted by molar-refractivity contribution is 6.05. The Hall–Kier alpha value is -0.940. The van der Waals surface area contributed by atoms with E-state index in [0.717, 1.165) is 32.4 Å². The molecule has 0 spiro atoms. The van der Waals surface area contributed by atoms with Crippen molar-refractivity contribution in [2.45, 2.75) is 51.6 Å². The van der Waals surface area contributed by atoms with E-state index in [1.807, 2.05) is 13.8 Å². The Balaban J connectivity index is 2.32. The number of carbonyl (C=O) groups excluding carboxylic acids is 2. The molecule has 1 fully saturated rings. The Morgan fingerprint density at radius 3 is 2.63 bits per heavy atom. The summed E-state index contributed by atoms with van der Waals surface area (Å²) in [5, 5.41) is 3.21. The van der Waals surface area contributed by atoms with Gasteiger partial charge >= 0.3 is 0 Å². The molecule has 5 nitrogen and oxygen atoms in total. The van der Waals surface area contributed by atoms with Crippen molar-refractivity contribution in [1.29, 1.82) is 0 Å². The van der Waals surface area contributed by atoms with Crippen molar-refractivity contribution in [2.24, 2.45) is 0 Å². The largest absolute Gasteiger partial charge is 0.309 e. The summed E-state index contributed by atoms with van der Waals surface area (Å²) in [5.74, 6) is -0.0860. The molecule has 110 valence electrons. The lowest BCUT2D eigenvalue weighted by Crippen LogP contribution is -2.42. The van der Waals surface area contributed by atoms with Gasteiger partial charge in [-0.15, -0.1) is 0 Å². The van der Waals surface area contributed by atoms with E-state index in [4.69, 9.17) is 0 Å². The molecule has 0 aromatic rings. The molecule has 1 rings (SSSR count). The number of nitrogens with zero attached hydrogens (tertiary/aromatic N) is 2. The van der Waals surface area contributed by atoms with Crippen LogP contribution < -0.4 is 5.32 Å². The van der Waals surface area contributed by atoms with E-state index in [1.165, 1.54) is 4.90 Å². The third kappa shape index (κ3) is 4.58. The Bertz CT molecular complexity index is 318. The van der Waals surface area contributed by atoms with Crippen LogP contribution in [0.2, 0.25) is 0 Å². The monoisotopic (exact) mass is 269 g/mol. The van der Waals surface area contributed by atoms with E-state index >= 15 is 0 Å². The van der Waals surface area contributed by atoms with Crippen molar-refractivity contribution < 1.29 is 9.59 Å². The van der Waals surface area contributed by atoms with Crippen molar-refractivity contribution in [3.63, 3.8) is 0 Å². The zero-order valence-corrected chi connectivity index (χ0v) is 12.6. The second-order valence-corrected chi connectivity index (χ2v) is 5.58. The first-order valence-electron chi connectivity index (χ1n) is 7.21. The molecule has 0 bridgehead atoms. The molecule has 0 saturated carbocycles. The van der Waals surface area contributed by atoms with E-state index in [9.17, 15) is 9.59 Å². The summed E-state index contributed by atoms with van der Waals surface area (Å²) in [4.78, 5) is 27.5. The first-order valence-corrected chi connectivity index (χ1v) is 7.21. The molecule has 2 atom stereocenters. The highest BCUT2D eigenvalue weighted by atomic mass is 16.2. The maximum absolute atomic E-state index is 12.1. The fourth-order valence-corrected chi connectivity index (χ4v) is 2.29. The molecule has 1 heterocycles. The van der Waals surface area contributed by atoms with E-state index in [1.54, 1.807) is 0 Å². The average Bonchev–Trinajstić information content (AvgIpc) is 2.63. The van der Waals surface area contributed by atoms with E-state index in [2.05, 4.69) is 24.3 Å². The molecular formula is C14H27N3O2. The molecule has 0 radical (unpaired) electrons. The van der Waals surface area contributed by atoms with Gasteiger partial charge in [0.15, 0.2) is 0 Å². The number of carbonyl (C=O) groups is 2. The zero-order valence-electron chi connectivity index (χ0n) is 12.6. The number of hydrogen-bond donors (Lipinski definition) is 1. The summed E-state index contributed by atoms with van der Waals surface area (Å²) in [7, 11) is 4.10. The van der Waals surface area contributed by atoms with Gasteiger partial charge in [-0.2, -0.15) is 0 Å². The van der Waals surface area contributed by atoms with Crippen molar-refractivity contribution in [2.75, 3.05) is 27.2 Å². The molecule has 19 heavy (non-hydrogen) atoms. The van der Waals surface area contributed by atoms with Gasteiger partial charge in [-0.05, 0) is 53.4 Å². The molecule has 2 amide bonds. The topological polar surface area (TPSA) is 52.7 Å². The lowest BCUT2D eigenvalue weighted by Gasteiger charge is -2.21. The van der Waals surface area contributed by atoms with Crippen LogP contribution in [0.5, 0.6) is 0 Å². The smallest absolute Gasteiger partial charge is 0.247 e. The molecule has 1 aliphatic rings. The molecule has 0 aromatic carbocycles. The SMILES string of the molecule is CCC(C)N1C(=O)CC(NCCCCN(C)C)C1=O. The first-order chi connectivity index (χ1) is 8.97. The predicted molar refractivity (Wildman–Crippen MR) is 75.8 cm³/mol. The Morgan fingerprint density at radius 1 is 1.37 bits per heavy atom. The summed E-state index contributed by atoms with van der Waals surface area (Å²) in [6.07, 6.45) is 3.26. The number of likely N-dealkylation sites (tertiary alicyclic amines) is 1. The minimum atomic E-state index is -0.305. The van der Waals surface area contributed by atoms with Gasteiger partial charge in [-0.3, -0.25) is 14.5 Å². The number of hydrogen-bond acceptors (Lipinski definition) is 4. The van der Waals surface area contributed by atoms with Gasteiger partial charge in [0, 0.05) is 6.04 Å². The van der Waals surface area contributed by atoms with Gasteiger partial charge in [-0.1, -0.05) is 6.92 Å². The Labute approximate surface area is 116 Å². The van der Waals surface area contributed by atoms with Crippen LogP contribution in [0.1, 0.15) is 39.5 Å². The minimum absolute atomic E-state index is 0.0144. The fourth-order valence-electron chi connectivity index (χ4n) is 2.29. The maximum atomic E-state index is 12.1. The van der Waals surface area contributed by atoms with Crippen LogP contribution in [0.15, 0.2) is 0 Å². The highest BCUT2D eigenvalue weighted by Gasteiger charge is 2.39. The van der Waals surface area contributed by atoms with Crippen LogP contribution in [0.3, 0.4) is 0 Å². The minimum Gasteiger partial charge on any atom is -0.309 e. The van der Waals surface area contributed by atoms with Crippen molar-refractivity contribution in [1.82, 2.24) is 15.1 Å². The third-order valence-corrected chi connectivity index (χ3v) is 3.64. The molecule has 1 saturated heterocycles. The number of nitrogens with one attached hydrogen (secondary N) is 1. The maximum Gasteiger partial charge on any atom is 0.247 e. The van der Waals surface area contributed by atoms with Crippen LogP contribution in [0.4, 0.5) is 0 Å². The quantitative estimate of drug-likeness (QED) is 0.524.